The highest BCUT2D eigenvalue weighted by atomic mass is 16.4. The molecular formula is C15H23N3O2. The zero-order chi connectivity index (χ0) is 15.1. The number of nitrogens with zero attached hydrogens (tertiary/aromatic N) is 2. The van der Waals surface area contributed by atoms with E-state index in [-0.39, 0.29) is 23.7 Å². The van der Waals surface area contributed by atoms with Crippen molar-refractivity contribution in [2.75, 3.05) is 7.05 Å². The first-order valence-electron chi connectivity index (χ1n) is 6.79. The molecule has 0 saturated heterocycles. The van der Waals surface area contributed by atoms with Crippen LogP contribution in [0.25, 0.3) is 0 Å². The minimum atomic E-state index is -0.157. The van der Waals surface area contributed by atoms with Crippen molar-refractivity contribution in [2.24, 2.45) is 10.9 Å². The van der Waals surface area contributed by atoms with E-state index in [1.807, 2.05) is 44.2 Å². The number of likely N-dealkylation sites (N-methyl/N-ethyl adjacent to an activating group) is 1. The molecule has 1 aromatic carbocycles. The van der Waals surface area contributed by atoms with Crippen molar-refractivity contribution in [3.63, 3.8) is 0 Å². The maximum Gasteiger partial charge on any atom is 0.230 e. The molecule has 0 radical (unpaired) electrons. The van der Waals surface area contributed by atoms with Gasteiger partial charge in [-0.1, -0.05) is 42.4 Å². The summed E-state index contributed by atoms with van der Waals surface area (Å²) >= 11 is 0. The Balaban J connectivity index is 2.81. The average Bonchev–Trinajstić information content (AvgIpc) is 2.47. The van der Waals surface area contributed by atoms with Crippen LogP contribution in [-0.2, 0) is 4.79 Å². The third-order valence-corrected chi connectivity index (χ3v) is 3.55. The number of carbonyl (C=O) groups excluding carboxylic acids is 1. The molecular weight excluding hydrogens is 254 g/mol. The van der Waals surface area contributed by atoms with Gasteiger partial charge >= 0.3 is 0 Å². The number of rotatable bonds is 6. The molecule has 0 aliphatic carbocycles. The van der Waals surface area contributed by atoms with Crippen LogP contribution < -0.4 is 5.73 Å². The van der Waals surface area contributed by atoms with E-state index < -0.39 is 0 Å². The van der Waals surface area contributed by atoms with Crippen molar-refractivity contribution in [3.8, 4) is 0 Å². The van der Waals surface area contributed by atoms with Gasteiger partial charge in [-0.2, -0.15) is 0 Å². The fourth-order valence-electron chi connectivity index (χ4n) is 2.18. The maximum atomic E-state index is 12.6. The molecule has 0 heterocycles. The molecule has 0 fully saturated rings. The standard InChI is InChI=1S/C15H23N3O2/c1-4-13(12-8-6-5-7-9-12)15(19)18(3)11(2)10-14(16)17-20/h5-9,11,13,20H,4,10H2,1-3H3,(H2,16,17). The molecule has 0 bridgehead atoms. The third-order valence-electron chi connectivity index (χ3n) is 3.55. The van der Waals surface area contributed by atoms with E-state index in [1.54, 1.807) is 11.9 Å². The van der Waals surface area contributed by atoms with Crippen LogP contribution in [0.4, 0.5) is 0 Å². The first-order chi connectivity index (χ1) is 9.51. The number of nitrogens with two attached hydrogens (primary N) is 1. The highest BCUT2D eigenvalue weighted by Gasteiger charge is 2.25. The number of benzene rings is 1. The minimum Gasteiger partial charge on any atom is -0.409 e. The van der Waals surface area contributed by atoms with E-state index in [9.17, 15) is 4.79 Å². The topological polar surface area (TPSA) is 78.9 Å². The van der Waals surface area contributed by atoms with Crippen LogP contribution in [0, 0.1) is 0 Å². The van der Waals surface area contributed by atoms with E-state index in [2.05, 4.69) is 5.16 Å². The highest BCUT2D eigenvalue weighted by Crippen LogP contribution is 2.22. The predicted octanol–water partition coefficient (Wildman–Crippen LogP) is 2.16. The van der Waals surface area contributed by atoms with Crippen LogP contribution in [0.1, 0.15) is 38.2 Å². The predicted molar refractivity (Wildman–Crippen MR) is 79.7 cm³/mol. The van der Waals surface area contributed by atoms with Gasteiger partial charge in [-0.15, -0.1) is 0 Å². The Morgan fingerprint density at radius 3 is 2.50 bits per heavy atom. The largest absolute Gasteiger partial charge is 0.409 e. The van der Waals surface area contributed by atoms with Crippen LogP contribution in [-0.4, -0.2) is 34.9 Å². The van der Waals surface area contributed by atoms with Gasteiger partial charge in [0.1, 0.15) is 5.84 Å². The second-order valence-corrected chi connectivity index (χ2v) is 4.97. The molecule has 1 amide bonds. The third kappa shape index (κ3) is 3.98. The normalized spacial score (nSPS) is 14.7. The lowest BCUT2D eigenvalue weighted by atomic mass is 9.94. The van der Waals surface area contributed by atoms with Gasteiger partial charge in [0.2, 0.25) is 5.91 Å². The lowest BCUT2D eigenvalue weighted by Gasteiger charge is -2.28. The summed E-state index contributed by atoms with van der Waals surface area (Å²) in [4.78, 5) is 14.2. The van der Waals surface area contributed by atoms with Crippen molar-refractivity contribution in [1.29, 1.82) is 0 Å². The van der Waals surface area contributed by atoms with Gasteiger partial charge in [-0.05, 0) is 18.9 Å². The first kappa shape index (κ1) is 16.0. The number of amides is 1. The quantitative estimate of drug-likeness (QED) is 0.362. The van der Waals surface area contributed by atoms with Gasteiger partial charge in [-0.3, -0.25) is 4.79 Å². The van der Waals surface area contributed by atoms with Gasteiger partial charge in [0.05, 0.1) is 5.92 Å². The van der Waals surface area contributed by atoms with Gasteiger partial charge in [0, 0.05) is 19.5 Å². The Morgan fingerprint density at radius 2 is 2.00 bits per heavy atom. The summed E-state index contributed by atoms with van der Waals surface area (Å²) in [6, 6.07) is 9.63. The Labute approximate surface area is 120 Å². The molecule has 1 rings (SSSR count). The Bertz CT molecular complexity index is 459. The van der Waals surface area contributed by atoms with Crippen LogP contribution in [0.5, 0.6) is 0 Å². The molecule has 110 valence electrons. The van der Waals surface area contributed by atoms with Gasteiger partial charge < -0.3 is 15.8 Å². The monoisotopic (exact) mass is 277 g/mol. The molecule has 0 saturated carbocycles. The number of carbonyl (C=O) groups is 1. The lowest BCUT2D eigenvalue weighted by molar-refractivity contribution is -0.133. The molecule has 0 aliphatic heterocycles. The second kappa shape index (κ2) is 7.53. The van der Waals surface area contributed by atoms with Crippen LogP contribution >= 0.6 is 0 Å². The Hall–Kier alpha value is -2.04. The zero-order valence-corrected chi connectivity index (χ0v) is 12.3. The molecule has 5 nitrogen and oxygen atoms in total. The lowest BCUT2D eigenvalue weighted by Crippen LogP contribution is -2.40. The Kier molecular flexibility index (Phi) is 6.03. The van der Waals surface area contributed by atoms with Crippen LogP contribution in [0.15, 0.2) is 35.5 Å². The molecule has 3 N–H and O–H groups in total. The maximum absolute atomic E-state index is 12.6. The molecule has 20 heavy (non-hydrogen) atoms. The summed E-state index contributed by atoms with van der Waals surface area (Å²) in [6.45, 7) is 3.88. The summed E-state index contributed by atoms with van der Waals surface area (Å²) in [5.41, 5.74) is 6.51. The molecule has 0 spiro atoms. The zero-order valence-electron chi connectivity index (χ0n) is 12.3. The minimum absolute atomic E-state index is 0.0527. The van der Waals surface area contributed by atoms with Crippen molar-refractivity contribution in [1.82, 2.24) is 4.90 Å². The number of hydrogen-bond acceptors (Lipinski definition) is 3. The van der Waals surface area contributed by atoms with Crippen molar-refractivity contribution in [2.45, 2.75) is 38.6 Å². The average molecular weight is 277 g/mol. The first-order valence-corrected chi connectivity index (χ1v) is 6.79. The van der Waals surface area contributed by atoms with Crippen LogP contribution in [0.3, 0.4) is 0 Å². The fourth-order valence-corrected chi connectivity index (χ4v) is 2.18. The number of amidine groups is 1. The molecule has 2 unspecified atom stereocenters. The smallest absolute Gasteiger partial charge is 0.230 e. The summed E-state index contributed by atoms with van der Waals surface area (Å²) in [6.07, 6.45) is 1.09. The summed E-state index contributed by atoms with van der Waals surface area (Å²) in [5, 5.41) is 11.5. The van der Waals surface area contributed by atoms with Gasteiger partial charge in [-0.25, -0.2) is 0 Å². The van der Waals surface area contributed by atoms with E-state index in [0.29, 0.717) is 6.42 Å². The summed E-state index contributed by atoms with van der Waals surface area (Å²) in [5.74, 6) is 0.0257. The van der Waals surface area contributed by atoms with E-state index >= 15 is 0 Å². The van der Waals surface area contributed by atoms with Crippen molar-refractivity contribution in [3.05, 3.63) is 35.9 Å². The van der Waals surface area contributed by atoms with Gasteiger partial charge in [0.15, 0.2) is 0 Å². The molecule has 1 aromatic rings. The molecule has 5 heteroatoms. The highest BCUT2D eigenvalue weighted by molar-refractivity contribution is 5.85. The summed E-state index contributed by atoms with van der Waals surface area (Å²) < 4.78 is 0. The second-order valence-electron chi connectivity index (χ2n) is 4.97. The van der Waals surface area contributed by atoms with E-state index in [1.165, 1.54) is 0 Å². The number of oxime groups is 1. The number of hydrogen-bond donors (Lipinski definition) is 2. The molecule has 0 aromatic heterocycles. The van der Waals surface area contributed by atoms with Crippen molar-refractivity contribution < 1.29 is 10.0 Å². The SMILES string of the molecule is CCC(C(=O)N(C)C(C)CC(N)=NO)c1ccccc1. The summed E-state index contributed by atoms with van der Waals surface area (Å²) in [7, 11) is 1.75. The fraction of sp³-hybridized carbons (Fsp3) is 0.467. The molecule has 0 aliphatic rings. The van der Waals surface area contributed by atoms with Gasteiger partial charge in [0.25, 0.3) is 0 Å². The molecule has 2 atom stereocenters. The van der Waals surface area contributed by atoms with E-state index in [4.69, 9.17) is 10.9 Å². The van der Waals surface area contributed by atoms with Crippen molar-refractivity contribution >= 4 is 11.7 Å². The van der Waals surface area contributed by atoms with Crippen LogP contribution in [0.2, 0.25) is 0 Å². The van der Waals surface area contributed by atoms with E-state index in [0.717, 1.165) is 12.0 Å². The Morgan fingerprint density at radius 1 is 1.40 bits per heavy atom.